The van der Waals surface area contributed by atoms with Crippen LogP contribution >= 0.6 is 0 Å². The molecule has 0 aliphatic heterocycles. The van der Waals surface area contributed by atoms with Crippen LogP contribution in [0.5, 0.6) is 0 Å². The van der Waals surface area contributed by atoms with Gasteiger partial charge in [0.2, 0.25) is 0 Å². The van der Waals surface area contributed by atoms with Gasteiger partial charge in [-0.25, -0.2) is 0 Å². The fourth-order valence-corrected chi connectivity index (χ4v) is 2.19. The van der Waals surface area contributed by atoms with Crippen LogP contribution in [0, 0.1) is 11.3 Å². The van der Waals surface area contributed by atoms with Crippen LogP contribution in [0.3, 0.4) is 0 Å². The second-order valence-corrected chi connectivity index (χ2v) is 5.55. The fraction of sp³-hybridized carbons (Fsp3) is 1.00. The molecule has 1 rings (SSSR count). The topological polar surface area (TPSA) is 38.0 Å². The molecule has 1 atom stereocenters. The van der Waals surface area contributed by atoms with E-state index in [4.69, 9.17) is 5.73 Å². The zero-order valence-electron chi connectivity index (χ0n) is 10.7. The zero-order chi connectivity index (χ0) is 11.3. The molecule has 90 valence electrons. The zero-order valence-corrected chi connectivity index (χ0v) is 10.7. The van der Waals surface area contributed by atoms with E-state index in [1.54, 1.807) is 0 Å². The molecule has 0 radical (unpaired) electrons. The van der Waals surface area contributed by atoms with E-state index in [1.807, 2.05) is 0 Å². The van der Waals surface area contributed by atoms with Crippen molar-refractivity contribution in [2.24, 2.45) is 17.1 Å². The molecule has 2 heteroatoms. The lowest BCUT2D eigenvalue weighted by Crippen LogP contribution is -2.37. The van der Waals surface area contributed by atoms with Crippen molar-refractivity contribution in [3.63, 3.8) is 0 Å². The molecule has 0 aromatic carbocycles. The Morgan fingerprint density at radius 1 is 1.33 bits per heavy atom. The highest BCUT2D eigenvalue weighted by Gasteiger charge is 2.44. The smallest absolute Gasteiger partial charge is 0.0165 e. The Morgan fingerprint density at radius 3 is 2.47 bits per heavy atom. The molecule has 0 heterocycles. The summed E-state index contributed by atoms with van der Waals surface area (Å²) in [6.07, 6.45) is 6.49. The highest BCUT2D eigenvalue weighted by Crippen LogP contribution is 2.51. The molecule has 0 spiro atoms. The van der Waals surface area contributed by atoms with Crippen LogP contribution in [0.4, 0.5) is 0 Å². The molecule has 3 N–H and O–H groups in total. The molecule has 1 saturated carbocycles. The molecule has 0 bridgehead atoms. The number of unbranched alkanes of at least 4 members (excludes halogenated alkanes) is 1. The third-order valence-corrected chi connectivity index (χ3v) is 3.93. The Balaban J connectivity index is 2.06. The number of hydrogen-bond donors (Lipinski definition) is 2. The normalized spacial score (nSPS) is 20.6. The van der Waals surface area contributed by atoms with Crippen molar-refractivity contribution in [2.75, 3.05) is 13.1 Å². The van der Waals surface area contributed by atoms with E-state index >= 15 is 0 Å². The van der Waals surface area contributed by atoms with Gasteiger partial charge in [0, 0.05) is 19.1 Å². The van der Waals surface area contributed by atoms with Gasteiger partial charge < -0.3 is 11.1 Å². The van der Waals surface area contributed by atoms with Crippen LogP contribution in [0.15, 0.2) is 0 Å². The van der Waals surface area contributed by atoms with E-state index in [0.29, 0.717) is 11.5 Å². The average molecular weight is 212 g/mol. The minimum Gasteiger partial charge on any atom is -0.327 e. The summed E-state index contributed by atoms with van der Waals surface area (Å²) in [5, 5.41) is 3.55. The quantitative estimate of drug-likeness (QED) is 0.649. The summed E-state index contributed by atoms with van der Waals surface area (Å²) >= 11 is 0. The first-order valence-corrected chi connectivity index (χ1v) is 6.57. The van der Waals surface area contributed by atoms with E-state index in [-0.39, 0.29) is 0 Å². The first-order chi connectivity index (χ1) is 7.10. The molecular formula is C13H28N2. The minimum atomic E-state index is 0.355. The molecule has 1 aliphatic carbocycles. The SMILES string of the molecule is CCCCC(N)CNCC1(C(C)C)CC1. The molecule has 0 aromatic rings. The van der Waals surface area contributed by atoms with E-state index < -0.39 is 0 Å². The minimum absolute atomic E-state index is 0.355. The van der Waals surface area contributed by atoms with E-state index in [9.17, 15) is 0 Å². The van der Waals surface area contributed by atoms with E-state index in [1.165, 1.54) is 32.2 Å². The van der Waals surface area contributed by atoms with Gasteiger partial charge in [-0.1, -0.05) is 33.6 Å². The second-order valence-electron chi connectivity index (χ2n) is 5.55. The first-order valence-electron chi connectivity index (χ1n) is 6.57. The summed E-state index contributed by atoms with van der Waals surface area (Å²) in [5.41, 5.74) is 6.64. The summed E-state index contributed by atoms with van der Waals surface area (Å²) in [5.74, 6) is 0.817. The number of rotatable bonds is 8. The van der Waals surface area contributed by atoms with Gasteiger partial charge in [-0.15, -0.1) is 0 Å². The van der Waals surface area contributed by atoms with Gasteiger partial charge in [0.15, 0.2) is 0 Å². The third-order valence-electron chi connectivity index (χ3n) is 3.93. The molecule has 0 aromatic heterocycles. The fourth-order valence-electron chi connectivity index (χ4n) is 2.19. The predicted octanol–water partition coefficient (Wildman–Crippen LogP) is 2.53. The van der Waals surface area contributed by atoms with Crippen LogP contribution in [0.25, 0.3) is 0 Å². The average Bonchev–Trinajstić information content (AvgIpc) is 2.96. The summed E-state index contributed by atoms with van der Waals surface area (Å²) < 4.78 is 0. The highest BCUT2D eigenvalue weighted by molar-refractivity contribution is 4.97. The summed E-state index contributed by atoms with van der Waals surface area (Å²) in [6, 6.07) is 0.355. The molecule has 1 unspecified atom stereocenters. The van der Waals surface area contributed by atoms with Gasteiger partial charge in [0.1, 0.15) is 0 Å². The Bertz CT molecular complexity index is 173. The van der Waals surface area contributed by atoms with Gasteiger partial charge in [0.25, 0.3) is 0 Å². The molecule has 1 aliphatic rings. The third kappa shape index (κ3) is 4.12. The van der Waals surface area contributed by atoms with Crippen LogP contribution in [0.1, 0.15) is 52.9 Å². The maximum atomic E-state index is 6.02. The second kappa shape index (κ2) is 5.86. The lowest BCUT2D eigenvalue weighted by Gasteiger charge is -2.21. The molecule has 2 nitrogen and oxygen atoms in total. The maximum absolute atomic E-state index is 6.02. The van der Waals surface area contributed by atoms with Gasteiger partial charge >= 0.3 is 0 Å². The number of nitrogens with one attached hydrogen (secondary N) is 1. The largest absolute Gasteiger partial charge is 0.327 e. The van der Waals surface area contributed by atoms with Crippen molar-refractivity contribution >= 4 is 0 Å². The Kier molecular flexibility index (Phi) is 5.07. The lowest BCUT2D eigenvalue weighted by molar-refractivity contribution is 0.333. The summed E-state index contributed by atoms with van der Waals surface area (Å²) in [7, 11) is 0. The van der Waals surface area contributed by atoms with Crippen molar-refractivity contribution in [3.05, 3.63) is 0 Å². The summed E-state index contributed by atoms with van der Waals surface area (Å²) in [6.45, 7) is 9.06. The Hall–Kier alpha value is -0.0800. The van der Waals surface area contributed by atoms with Crippen molar-refractivity contribution in [1.29, 1.82) is 0 Å². The molecule has 0 saturated heterocycles. The van der Waals surface area contributed by atoms with Gasteiger partial charge in [0.05, 0.1) is 0 Å². The van der Waals surface area contributed by atoms with Gasteiger partial charge in [-0.3, -0.25) is 0 Å². The van der Waals surface area contributed by atoms with Gasteiger partial charge in [-0.2, -0.15) is 0 Å². The van der Waals surface area contributed by atoms with E-state index in [2.05, 4.69) is 26.1 Å². The highest BCUT2D eigenvalue weighted by atomic mass is 14.9. The van der Waals surface area contributed by atoms with Crippen LogP contribution in [-0.2, 0) is 0 Å². The summed E-state index contributed by atoms with van der Waals surface area (Å²) in [4.78, 5) is 0. The molecule has 1 fully saturated rings. The van der Waals surface area contributed by atoms with Crippen molar-refractivity contribution in [1.82, 2.24) is 5.32 Å². The standard InChI is InChI=1S/C13H28N2/c1-4-5-6-12(14)9-15-10-13(7-8-13)11(2)3/h11-12,15H,4-10,14H2,1-3H3. The van der Waals surface area contributed by atoms with Crippen molar-refractivity contribution < 1.29 is 0 Å². The molecule has 0 amide bonds. The van der Waals surface area contributed by atoms with Crippen molar-refractivity contribution in [3.8, 4) is 0 Å². The molecule has 15 heavy (non-hydrogen) atoms. The number of hydrogen-bond acceptors (Lipinski definition) is 2. The van der Waals surface area contributed by atoms with Crippen LogP contribution < -0.4 is 11.1 Å². The lowest BCUT2D eigenvalue weighted by atomic mass is 9.92. The maximum Gasteiger partial charge on any atom is 0.0165 e. The van der Waals surface area contributed by atoms with Crippen LogP contribution in [0.2, 0.25) is 0 Å². The Labute approximate surface area is 95.0 Å². The van der Waals surface area contributed by atoms with Gasteiger partial charge in [-0.05, 0) is 30.6 Å². The Morgan fingerprint density at radius 2 is 2.00 bits per heavy atom. The number of nitrogens with two attached hydrogens (primary N) is 1. The van der Waals surface area contributed by atoms with E-state index in [0.717, 1.165) is 18.9 Å². The predicted molar refractivity (Wildman–Crippen MR) is 66.9 cm³/mol. The monoisotopic (exact) mass is 212 g/mol. The van der Waals surface area contributed by atoms with Crippen LogP contribution in [-0.4, -0.2) is 19.1 Å². The first kappa shape index (κ1) is 13.0. The molecular weight excluding hydrogens is 184 g/mol. The van der Waals surface area contributed by atoms with Crippen molar-refractivity contribution in [2.45, 2.75) is 58.9 Å².